The standard InChI is InChI=1S/C19H27NO3/c1-2-20(13-15-10-11-22-14-15)19(21)16-6-5-9-18(12-16)23-17-7-3-4-8-17/h5-6,9,12,15,17H,2-4,7-8,10-11,13-14H2,1H3. The smallest absolute Gasteiger partial charge is 0.253 e. The first-order chi connectivity index (χ1) is 11.3. The molecule has 1 heterocycles. The molecule has 126 valence electrons. The summed E-state index contributed by atoms with van der Waals surface area (Å²) in [5, 5.41) is 0. The molecular weight excluding hydrogens is 290 g/mol. The van der Waals surface area contributed by atoms with Crippen LogP contribution >= 0.6 is 0 Å². The summed E-state index contributed by atoms with van der Waals surface area (Å²) >= 11 is 0. The van der Waals surface area contributed by atoms with E-state index in [2.05, 4.69) is 0 Å². The maximum atomic E-state index is 12.8. The molecule has 0 radical (unpaired) electrons. The van der Waals surface area contributed by atoms with Crippen LogP contribution in [0.15, 0.2) is 24.3 Å². The Morgan fingerprint density at radius 1 is 1.30 bits per heavy atom. The first-order valence-electron chi connectivity index (χ1n) is 8.90. The highest BCUT2D eigenvalue weighted by Gasteiger charge is 2.23. The van der Waals surface area contributed by atoms with E-state index < -0.39 is 0 Å². The Morgan fingerprint density at radius 3 is 2.83 bits per heavy atom. The van der Waals surface area contributed by atoms with Gasteiger partial charge in [0.05, 0.1) is 12.7 Å². The fourth-order valence-electron chi connectivity index (χ4n) is 3.48. The molecule has 0 spiro atoms. The van der Waals surface area contributed by atoms with E-state index in [0.29, 0.717) is 12.0 Å². The van der Waals surface area contributed by atoms with Crippen molar-refractivity contribution in [1.82, 2.24) is 4.90 Å². The van der Waals surface area contributed by atoms with E-state index in [0.717, 1.165) is 56.9 Å². The highest BCUT2D eigenvalue weighted by atomic mass is 16.5. The zero-order valence-electron chi connectivity index (χ0n) is 14.0. The minimum atomic E-state index is 0.0938. The molecule has 1 aliphatic carbocycles. The molecule has 4 heteroatoms. The highest BCUT2D eigenvalue weighted by molar-refractivity contribution is 5.94. The van der Waals surface area contributed by atoms with Gasteiger partial charge < -0.3 is 14.4 Å². The predicted octanol–water partition coefficient (Wildman–Crippen LogP) is 3.51. The normalized spacial score (nSPS) is 21.5. The van der Waals surface area contributed by atoms with Crippen molar-refractivity contribution in [2.75, 3.05) is 26.3 Å². The van der Waals surface area contributed by atoms with Gasteiger partial charge in [-0.1, -0.05) is 6.07 Å². The topological polar surface area (TPSA) is 38.8 Å². The number of amides is 1. The number of carbonyl (C=O) groups is 1. The number of carbonyl (C=O) groups excluding carboxylic acids is 1. The maximum absolute atomic E-state index is 12.8. The highest BCUT2D eigenvalue weighted by Crippen LogP contribution is 2.25. The van der Waals surface area contributed by atoms with Gasteiger partial charge in [-0.3, -0.25) is 4.79 Å². The quantitative estimate of drug-likeness (QED) is 0.806. The van der Waals surface area contributed by atoms with Crippen molar-refractivity contribution < 1.29 is 14.3 Å². The number of benzene rings is 1. The summed E-state index contributed by atoms with van der Waals surface area (Å²) in [6, 6.07) is 7.66. The van der Waals surface area contributed by atoms with Crippen LogP contribution < -0.4 is 4.74 Å². The van der Waals surface area contributed by atoms with Gasteiger partial charge in [0.1, 0.15) is 5.75 Å². The summed E-state index contributed by atoms with van der Waals surface area (Å²) in [6.07, 6.45) is 6.11. The summed E-state index contributed by atoms with van der Waals surface area (Å²) in [6.45, 7) is 5.13. The molecular formula is C19H27NO3. The Morgan fingerprint density at radius 2 is 2.13 bits per heavy atom. The van der Waals surface area contributed by atoms with E-state index in [1.165, 1.54) is 12.8 Å². The van der Waals surface area contributed by atoms with Crippen LogP contribution in [-0.4, -0.2) is 43.2 Å². The number of rotatable bonds is 6. The summed E-state index contributed by atoms with van der Waals surface area (Å²) in [7, 11) is 0. The lowest BCUT2D eigenvalue weighted by Crippen LogP contribution is -2.35. The van der Waals surface area contributed by atoms with Crippen LogP contribution in [0.1, 0.15) is 49.4 Å². The number of hydrogen-bond donors (Lipinski definition) is 0. The predicted molar refractivity (Wildman–Crippen MR) is 89.8 cm³/mol. The van der Waals surface area contributed by atoms with E-state index >= 15 is 0 Å². The summed E-state index contributed by atoms with van der Waals surface area (Å²) in [5.41, 5.74) is 0.723. The molecule has 4 nitrogen and oxygen atoms in total. The van der Waals surface area contributed by atoms with Crippen molar-refractivity contribution in [3.05, 3.63) is 29.8 Å². The van der Waals surface area contributed by atoms with Crippen molar-refractivity contribution in [2.45, 2.75) is 45.1 Å². The van der Waals surface area contributed by atoms with Crippen molar-refractivity contribution >= 4 is 5.91 Å². The monoisotopic (exact) mass is 317 g/mol. The van der Waals surface area contributed by atoms with Crippen LogP contribution in [0.2, 0.25) is 0 Å². The first-order valence-corrected chi connectivity index (χ1v) is 8.90. The minimum absolute atomic E-state index is 0.0938. The molecule has 2 fully saturated rings. The number of hydrogen-bond acceptors (Lipinski definition) is 3. The molecule has 1 amide bonds. The second kappa shape index (κ2) is 7.82. The molecule has 1 saturated heterocycles. The Hall–Kier alpha value is -1.55. The van der Waals surface area contributed by atoms with Crippen molar-refractivity contribution in [3.63, 3.8) is 0 Å². The fraction of sp³-hybridized carbons (Fsp3) is 0.632. The summed E-state index contributed by atoms with van der Waals surface area (Å²) < 4.78 is 11.4. The van der Waals surface area contributed by atoms with E-state index in [1.54, 1.807) is 0 Å². The van der Waals surface area contributed by atoms with Crippen molar-refractivity contribution in [2.24, 2.45) is 5.92 Å². The van der Waals surface area contributed by atoms with Gasteiger partial charge in [-0.15, -0.1) is 0 Å². The third kappa shape index (κ3) is 4.25. The minimum Gasteiger partial charge on any atom is -0.490 e. The average molecular weight is 317 g/mol. The SMILES string of the molecule is CCN(CC1CCOC1)C(=O)c1cccc(OC2CCCC2)c1. The molecule has 0 bridgehead atoms. The van der Waals surface area contributed by atoms with Gasteiger partial charge in [0.2, 0.25) is 0 Å². The zero-order valence-corrected chi connectivity index (χ0v) is 14.0. The maximum Gasteiger partial charge on any atom is 0.253 e. The lowest BCUT2D eigenvalue weighted by atomic mass is 10.1. The molecule has 3 rings (SSSR count). The third-order valence-electron chi connectivity index (χ3n) is 4.86. The van der Waals surface area contributed by atoms with Gasteiger partial charge in [0, 0.05) is 31.2 Å². The molecule has 1 aliphatic heterocycles. The molecule has 1 atom stereocenters. The fourth-order valence-corrected chi connectivity index (χ4v) is 3.48. The number of nitrogens with zero attached hydrogens (tertiary/aromatic N) is 1. The summed E-state index contributed by atoms with van der Waals surface area (Å²) in [4.78, 5) is 14.7. The average Bonchev–Trinajstić information content (AvgIpc) is 3.26. The van der Waals surface area contributed by atoms with E-state index in [1.807, 2.05) is 36.1 Å². The second-order valence-electron chi connectivity index (χ2n) is 6.63. The van der Waals surface area contributed by atoms with Crippen LogP contribution in [0.5, 0.6) is 5.75 Å². The molecule has 0 aromatic heterocycles. The molecule has 23 heavy (non-hydrogen) atoms. The molecule has 1 aromatic carbocycles. The van der Waals surface area contributed by atoms with Gasteiger partial charge in [-0.05, 0) is 57.2 Å². The molecule has 2 aliphatic rings. The van der Waals surface area contributed by atoms with Gasteiger partial charge in [0.25, 0.3) is 5.91 Å². The van der Waals surface area contributed by atoms with Crippen molar-refractivity contribution in [1.29, 1.82) is 0 Å². The van der Waals surface area contributed by atoms with Crippen LogP contribution in [0, 0.1) is 5.92 Å². The largest absolute Gasteiger partial charge is 0.490 e. The molecule has 1 unspecified atom stereocenters. The Balaban J connectivity index is 1.64. The van der Waals surface area contributed by atoms with Crippen LogP contribution in [0.25, 0.3) is 0 Å². The van der Waals surface area contributed by atoms with Gasteiger partial charge in [-0.25, -0.2) is 0 Å². The lowest BCUT2D eigenvalue weighted by Gasteiger charge is -2.24. The van der Waals surface area contributed by atoms with Gasteiger partial charge >= 0.3 is 0 Å². The zero-order chi connectivity index (χ0) is 16.1. The Bertz CT molecular complexity index is 519. The lowest BCUT2D eigenvalue weighted by molar-refractivity contribution is 0.0730. The van der Waals surface area contributed by atoms with E-state index in [4.69, 9.17) is 9.47 Å². The van der Waals surface area contributed by atoms with Crippen LogP contribution in [0.4, 0.5) is 0 Å². The molecule has 0 N–H and O–H groups in total. The van der Waals surface area contributed by atoms with E-state index in [9.17, 15) is 4.79 Å². The summed E-state index contributed by atoms with van der Waals surface area (Å²) in [5.74, 6) is 1.39. The van der Waals surface area contributed by atoms with Crippen LogP contribution in [-0.2, 0) is 4.74 Å². The van der Waals surface area contributed by atoms with Crippen molar-refractivity contribution in [3.8, 4) is 5.75 Å². The van der Waals surface area contributed by atoms with Crippen LogP contribution in [0.3, 0.4) is 0 Å². The van der Waals surface area contributed by atoms with Gasteiger partial charge in [0.15, 0.2) is 0 Å². The number of ether oxygens (including phenoxy) is 2. The van der Waals surface area contributed by atoms with Gasteiger partial charge in [-0.2, -0.15) is 0 Å². The third-order valence-corrected chi connectivity index (χ3v) is 4.86. The second-order valence-corrected chi connectivity index (χ2v) is 6.63. The molecule has 1 aromatic rings. The molecule has 1 saturated carbocycles. The first kappa shape index (κ1) is 16.3. The Labute approximate surface area is 138 Å². The van der Waals surface area contributed by atoms with E-state index in [-0.39, 0.29) is 5.91 Å². The Kier molecular flexibility index (Phi) is 5.55.